The van der Waals surface area contributed by atoms with E-state index in [4.69, 9.17) is 4.74 Å². The second kappa shape index (κ2) is 7.56. The van der Waals surface area contributed by atoms with E-state index >= 15 is 0 Å². The normalized spacial score (nSPS) is 16.9. The molecule has 118 valence electrons. The fourth-order valence-corrected chi connectivity index (χ4v) is 2.16. The zero-order valence-corrected chi connectivity index (χ0v) is 12.3. The summed E-state index contributed by atoms with van der Waals surface area (Å²) in [4.78, 5) is 34.5. The average molecular weight is 305 g/mol. The Balaban J connectivity index is 1.84. The Hall–Kier alpha value is -2.41. The van der Waals surface area contributed by atoms with Crippen LogP contribution in [0, 0.1) is 0 Å². The Morgan fingerprint density at radius 3 is 2.55 bits per heavy atom. The highest BCUT2D eigenvalue weighted by molar-refractivity contribution is 6.39. The summed E-state index contributed by atoms with van der Waals surface area (Å²) in [6.07, 6.45) is 1.85. The minimum Gasteiger partial charge on any atom is -0.376 e. The lowest BCUT2D eigenvalue weighted by atomic mass is 10.2. The zero-order chi connectivity index (χ0) is 15.9. The first kappa shape index (κ1) is 16.0. The van der Waals surface area contributed by atoms with Crippen LogP contribution in [0.15, 0.2) is 24.3 Å². The number of carbonyl (C=O) groups excluding carboxylic acids is 3. The molecule has 0 aromatic heterocycles. The number of rotatable bonds is 4. The quantitative estimate of drug-likeness (QED) is 0.719. The first-order valence-corrected chi connectivity index (χ1v) is 7.13. The number of benzene rings is 1. The first-order valence-electron chi connectivity index (χ1n) is 7.13. The molecule has 0 saturated carbocycles. The summed E-state index contributed by atoms with van der Waals surface area (Å²) in [6, 6.07) is 6.57. The molecule has 1 fully saturated rings. The lowest BCUT2D eigenvalue weighted by molar-refractivity contribution is -0.136. The second-order valence-corrected chi connectivity index (χ2v) is 5.06. The van der Waals surface area contributed by atoms with Crippen LogP contribution < -0.4 is 16.0 Å². The van der Waals surface area contributed by atoms with Crippen LogP contribution in [0.5, 0.6) is 0 Å². The predicted molar refractivity (Wildman–Crippen MR) is 81.4 cm³/mol. The molecule has 22 heavy (non-hydrogen) atoms. The van der Waals surface area contributed by atoms with E-state index in [9.17, 15) is 14.4 Å². The molecule has 2 rings (SSSR count). The molecule has 7 heteroatoms. The first-order chi connectivity index (χ1) is 10.5. The van der Waals surface area contributed by atoms with E-state index in [1.165, 1.54) is 6.92 Å². The van der Waals surface area contributed by atoms with Gasteiger partial charge in [-0.05, 0) is 31.0 Å². The molecule has 7 nitrogen and oxygen atoms in total. The predicted octanol–water partition coefficient (Wildman–Crippen LogP) is 0.879. The molecule has 0 bridgehead atoms. The van der Waals surface area contributed by atoms with Gasteiger partial charge in [0.2, 0.25) is 5.91 Å². The fourth-order valence-electron chi connectivity index (χ4n) is 2.16. The molecular weight excluding hydrogens is 286 g/mol. The molecule has 1 aromatic rings. The van der Waals surface area contributed by atoms with Crippen molar-refractivity contribution in [1.82, 2.24) is 5.32 Å². The highest BCUT2D eigenvalue weighted by atomic mass is 16.5. The number of anilines is 2. The number of hydrogen-bond acceptors (Lipinski definition) is 4. The van der Waals surface area contributed by atoms with Gasteiger partial charge in [-0.2, -0.15) is 0 Å². The molecule has 1 heterocycles. The maximum absolute atomic E-state index is 11.8. The average Bonchev–Trinajstić information content (AvgIpc) is 2.97. The largest absolute Gasteiger partial charge is 0.376 e. The summed E-state index contributed by atoms with van der Waals surface area (Å²) in [7, 11) is 0. The van der Waals surface area contributed by atoms with Gasteiger partial charge in [0.05, 0.1) is 6.10 Å². The van der Waals surface area contributed by atoms with Crippen LogP contribution in [0.25, 0.3) is 0 Å². The molecule has 0 aliphatic carbocycles. The van der Waals surface area contributed by atoms with Crippen molar-refractivity contribution in [2.75, 3.05) is 23.8 Å². The summed E-state index contributed by atoms with van der Waals surface area (Å²) in [6.45, 7) is 2.42. The van der Waals surface area contributed by atoms with Gasteiger partial charge in [0.25, 0.3) is 0 Å². The monoisotopic (exact) mass is 305 g/mol. The third kappa shape index (κ3) is 4.85. The fraction of sp³-hybridized carbons (Fsp3) is 0.400. The third-order valence-corrected chi connectivity index (χ3v) is 3.16. The minimum absolute atomic E-state index is 0.0140. The van der Waals surface area contributed by atoms with Crippen LogP contribution >= 0.6 is 0 Å². The topological polar surface area (TPSA) is 96.5 Å². The summed E-state index contributed by atoms with van der Waals surface area (Å²) < 4.78 is 5.37. The van der Waals surface area contributed by atoms with Crippen molar-refractivity contribution in [3.63, 3.8) is 0 Å². The Bertz CT molecular complexity index is 568. The molecular formula is C15H19N3O4. The van der Waals surface area contributed by atoms with Crippen molar-refractivity contribution in [3.05, 3.63) is 24.3 Å². The van der Waals surface area contributed by atoms with Gasteiger partial charge in [0.15, 0.2) is 0 Å². The Morgan fingerprint density at radius 1 is 1.18 bits per heavy atom. The second-order valence-electron chi connectivity index (χ2n) is 5.06. The van der Waals surface area contributed by atoms with E-state index in [0.717, 1.165) is 12.8 Å². The summed E-state index contributed by atoms with van der Waals surface area (Å²) in [5, 5.41) is 7.64. The van der Waals surface area contributed by atoms with E-state index in [0.29, 0.717) is 24.5 Å². The number of nitrogens with one attached hydrogen (secondary N) is 3. The number of carbonyl (C=O) groups is 3. The molecule has 1 aliphatic heterocycles. The van der Waals surface area contributed by atoms with Crippen LogP contribution in [0.1, 0.15) is 19.8 Å². The molecule has 3 amide bonds. The van der Waals surface area contributed by atoms with Crippen molar-refractivity contribution >= 4 is 29.1 Å². The van der Waals surface area contributed by atoms with Crippen molar-refractivity contribution in [2.45, 2.75) is 25.9 Å². The SMILES string of the molecule is CC(=O)Nc1cccc(NC(=O)C(=O)NCC2CCCO2)c1. The van der Waals surface area contributed by atoms with E-state index in [1.54, 1.807) is 24.3 Å². The van der Waals surface area contributed by atoms with Crippen LogP contribution in [0.4, 0.5) is 11.4 Å². The summed E-state index contributed by atoms with van der Waals surface area (Å²) >= 11 is 0. The Kier molecular flexibility index (Phi) is 5.48. The zero-order valence-electron chi connectivity index (χ0n) is 12.3. The van der Waals surface area contributed by atoms with Crippen molar-refractivity contribution in [3.8, 4) is 0 Å². The van der Waals surface area contributed by atoms with E-state index < -0.39 is 11.8 Å². The molecule has 1 saturated heterocycles. The lowest BCUT2D eigenvalue weighted by Crippen LogP contribution is -2.39. The standard InChI is InChI=1S/C15H19N3O4/c1-10(19)17-11-4-2-5-12(8-11)18-15(21)14(20)16-9-13-6-3-7-22-13/h2,4-5,8,13H,3,6-7,9H2,1H3,(H,16,20)(H,17,19)(H,18,21). The van der Waals surface area contributed by atoms with Crippen LogP contribution in [-0.2, 0) is 19.1 Å². The minimum atomic E-state index is -0.752. The number of amides is 3. The molecule has 0 radical (unpaired) electrons. The number of ether oxygens (including phenoxy) is 1. The van der Waals surface area contributed by atoms with E-state index in [-0.39, 0.29) is 12.0 Å². The summed E-state index contributed by atoms with van der Waals surface area (Å²) in [5.74, 6) is -1.67. The highest BCUT2D eigenvalue weighted by Crippen LogP contribution is 2.15. The molecule has 1 aromatic carbocycles. The molecule has 1 aliphatic rings. The van der Waals surface area contributed by atoms with Gasteiger partial charge in [0, 0.05) is 31.5 Å². The van der Waals surface area contributed by atoms with E-state index in [2.05, 4.69) is 16.0 Å². The van der Waals surface area contributed by atoms with Gasteiger partial charge >= 0.3 is 11.8 Å². The van der Waals surface area contributed by atoms with Gasteiger partial charge in [-0.3, -0.25) is 14.4 Å². The number of hydrogen-bond donors (Lipinski definition) is 3. The van der Waals surface area contributed by atoms with Gasteiger partial charge in [-0.1, -0.05) is 6.07 Å². The third-order valence-electron chi connectivity index (χ3n) is 3.16. The van der Waals surface area contributed by atoms with Crippen LogP contribution in [0.3, 0.4) is 0 Å². The Labute approximate surface area is 128 Å². The molecule has 1 atom stereocenters. The highest BCUT2D eigenvalue weighted by Gasteiger charge is 2.19. The van der Waals surface area contributed by atoms with Gasteiger partial charge in [0.1, 0.15) is 0 Å². The van der Waals surface area contributed by atoms with Crippen molar-refractivity contribution in [2.24, 2.45) is 0 Å². The maximum atomic E-state index is 11.8. The van der Waals surface area contributed by atoms with Crippen molar-refractivity contribution in [1.29, 1.82) is 0 Å². The van der Waals surface area contributed by atoms with Gasteiger partial charge in [-0.25, -0.2) is 0 Å². The molecule has 3 N–H and O–H groups in total. The summed E-state index contributed by atoms with van der Waals surface area (Å²) in [5.41, 5.74) is 0.980. The van der Waals surface area contributed by atoms with Crippen molar-refractivity contribution < 1.29 is 19.1 Å². The molecule has 1 unspecified atom stereocenters. The Morgan fingerprint density at radius 2 is 1.91 bits per heavy atom. The maximum Gasteiger partial charge on any atom is 0.313 e. The van der Waals surface area contributed by atoms with E-state index in [1.807, 2.05) is 0 Å². The molecule has 0 spiro atoms. The van der Waals surface area contributed by atoms with Crippen LogP contribution in [-0.4, -0.2) is 37.0 Å². The lowest BCUT2D eigenvalue weighted by Gasteiger charge is -2.11. The van der Waals surface area contributed by atoms with Gasteiger partial charge in [-0.15, -0.1) is 0 Å². The van der Waals surface area contributed by atoms with Crippen LogP contribution in [0.2, 0.25) is 0 Å². The van der Waals surface area contributed by atoms with Gasteiger partial charge < -0.3 is 20.7 Å². The smallest absolute Gasteiger partial charge is 0.313 e.